The molecule has 0 bridgehead atoms. The molecule has 0 fully saturated rings. The Labute approximate surface area is 105 Å². The number of nitrogens with two attached hydrogens (primary N) is 2. The topological polar surface area (TPSA) is 119 Å². The zero-order valence-corrected chi connectivity index (χ0v) is 10.8. The number of carbonyl (C=O) groups excluding carboxylic acids is 1. The number of sulfonamides is 1. The molecule has 0 radical (unpaired) electrons. The van der Waals surface area contributed by atoms with Crippen LogP contribution in [0.2, 0.25) is 0 Å². The van der Waals surface area contributed by atoms with E-state index in [4.69, 9.17) is 11.5 Å². The van der Waals surface area contributed by atoms with Crippen molar-refractivity contribution in [2.75, 3.05) is 7.05 Å². The van der Waals surface area contributed by atoms with Gasteiger partial charge >= 0.3 is 6.03 Å². The summed E-state index contributed by atoms with van der Waals surface area (Å²) in [7, 11) is -2.71. The van der Waals surface area contributed by atoms with Crippen LogP contribution in [0, 0.1) is 6.92 Å². The Morgan fingerprint density at radius 2 is 1.72 bits per heavy atom. The summed E-state index contributed by atoms with van der Waals surface area (Å²) in [6, 6.07) is 5.19. The second kappa shape index (κ2) is 5.05. The summed E-state index contributed by atoms with van der Waals surface area (Å²) in [5, 5.41) is 0. The highest BCUT2D eigenvalue weighted by Crippen LogP contribution is 2.13. The molecule has 4 N–H and O–H groups in total. The second-order valence-corrected chi connectivity index (χ2v) is 5.24. The highest BCUT2D eigenvalue weighted by Gasteiger charge is 2.16. The molecule has 2 amide bonds. The average molecular weight is 270 g/mol. The normalized spacial score (nSPS) is 12.2. The maximum absolute atomic E-state index is 11.8. The van der Waals surface area contributed by atoms with Gasteiger partial charge < -0.3 is 11.5 Å². The summed E-state index contributed by atoms with van der Waals surface area (Å²) >= 11 is 0. The zero-order valence-electron chi connectivity index (χ0n) is 9.99. The number of amides is 2. The van der Waals surface area contributed by atoms with Crippen LogP contribution in [-0.2, 0) is 10.0 Å². The van der Waals surface area contributed by atoms with Gasteiger partial charge in [-0.15, -0.1) is 4.40 Å². The van der Waals surface area contributed by atoms with Gasteiger partial charge in [0.1, 0.15) is 0 Å². The van der Waals surface area contributed by atoms with Gasteiger partial charge in [0.05, 0.1) is 4.90 Å². The third-order valence-electron chi connectivity index (χ3n) is 2.21. The molecule has 1 aromatic carbocycles. The average Bonchev–Trinajstić information content (AvgIpc) is 2.27. The van der Waals surface area contributed by atoms with E-state index in [1.807, 2.05) is 6.92 Å². The molecule has 1 rings (SSSR count). The molecule has 0 heterocycles. The van der Waals surface area contributed by atoms with Crippen LogP contribution in [0.1, 0.15) is 5.56 Å². The van der Waals surface area contributed by atoms with Crippen molar-refractivity contribution in [1.29, 1.82) is 0 Å². The highest BCUT2D eigenvalue weighted by atomic mass is 32.2. The Morgan fingerprint density at radius 1 is 1.22 bits per heavy atom. The largest absolute Gasteiger partial charge is 0.368 e. The zero-order chi connectivity index (χ0) is 13.9. The van der Waals surface area contributed by atoms with Gasteiger partial charge in [0.15, 0.2) is 0 Å². The van der Waals surface area contributed by atoms with Gasteiger partial charge in [0.2, 0.25) is 5.96 Å². The number of rotatable bonds is 2. The lowest BCUT2D eigenvalue weighted by molar-refractivity contribution is 0.235. The lowest BCUT2D eigenvalue weighted by atomic mass is 10.2. The lowest BCUT2D eigenvalue weighted by Crippen LogP contribution is -2.42. The number of aryl methyl sites for hydroxylation is 1. The highest BCUT2D eigenvalue weighted by molar-refractivity contribution is 7.90. The molecule has 0 saturated heterocycles. The summed E-state index contributed by atoms with van der Waals surface area (Å²) < 4.78 is 27.0. The standard InChI is InChI=1S/C10H14N4O3S/c1-7-3-5-8(6-4-7)18(16,17)13-9(11)14(2)10(12)15/h3-6H,1-2H3,(H2,11,13)(H2,12,15). The maximum Gasteiger partial charge on any atom is 0.321 e. The van der Waals surface area contributed by atoms with Crippen LogP contribution in [0.5, 0.6) is 0 Å². The Kier molecular flexibility index (Phi) is 3.92. The summed E-state index contributed by atoms with van der Waals surface area (Å²) in [5.41, 5.74) is 11.2. The molecule has 1 aromatic rings. The summed E-state index contributed by atoms with van der Waals surface area (Å²) in [6.45, 7) is 1.83. The van der Waals surface area contributed by atoms with E-state index in [9.17, 15) is 13.2 Å². The Bertz CT molecular complexity index is 578. The Morgan fingerprint density at radius 3 is 2.17 bits per heavy atom. The third kappa shape index (κ3) is 3.20. The number of nitrogens with zero attached hydrogens (tertiary/aromatic N) is 2. The summed E-state index contributed by atoms with van der Waals surface area (Å²) in [5.74, 6) is -0.483. The van der Waals surface area contributed by atoms with E-state index in [1.54, 1.807) is 12.1 Å². The Balaban J connectivity index is 3.12. The van der Waals surface area contributed by atoms with Crippen molar-refractivity contribution in [3.8, 4) is 0 Å². The van der Waals surface area contributed by atoms with Crippen LogP contribution in [0.3, 0.4) is 0 Å². The van der Waals surface area contributed by atoms with Crippen molar-refractivity contribution < 1.29 is 13.2 Å². The molecular weight excluding hydrogens is 256 g/mol. The van der Waals surface area contributed by atoms with Crippen LogP contribution >= 0.6 is 0 Å². The van der Waals surface area contributed by atoms with Crippen LogP contribution in [0.25, 0.3) is 0 Å². The fraction of sp³-hybridized carbons (Fsp3) is 0.200. The van der Waals surface area contributed by atoms with Crippen LogP contribution in [-0.4, -0.2) is 32.4 Å². The minimum absolute atomic E-state index is 0.00563. The van der Waals surface area contributed by atoms with Gasteiger partial charge in [-0.2, -0.15) is 8.42 Å². The molecule has 18 heavy (non-hydrogen) atoms. The van der Waals surface area contributed by atoms with Gasteiger partial charge in [-0.25, -0.2) is 4.79 Å². The molecule has 0 atom stereocenters. The van der Waals surface area contributed by atoms with E-state index in [0.717, 1.165) is 10.5 Å². The summed E-state index contributed by atoms with van der Waals surface area (Å²) in [4.78, 5) is 11.5. The van der Waals surface area contributed by atoms with Gasteiger partial charge in [-0.05, 0) is 19.1 Å². The summed E-state index contributed by atoms with van der Waals surface area (Å²) in [6.07, 6.45) is 0. The second-order valence-electron chi connectivity index (χ2n) is 3.63. The molecule has 98 valence electrons. The molecule has 0 spiro atoms. The van der Waals surface area contributed by atoms with E-state index in [2.05, 4.69) is 4.40 Å². The van der Waals surface area contributed by atoms with Gasteiger partial charge in [-0.1, -0.05) is 17.7 Å². The molecule has 8 heteroatoms. The lowest BCUT2D eigenvalue weighted by Gasteiger charge is -2.12. The van der Waals surface area contributed by atoms with Crippen LogP contribution in [0.15, 0.2) is 33.6 Å². The minimum Gasteiger partial charge on any atom is -0.368 e. The van der Waals surface area contributed by atoms with Crippen molar-refractivity contribution >= 4 is 22.0 Å². The number of primary amides is 1. The quantitative estimate of drug-likeness (QED) is 0.581. The number of urea groups is 1. The number of benzene rings is 1. The fourth-order valence-electron chi connectivity index (χ4n) is 1.06. The smallest absolute Gasteiger partial charge is 0.321 e. The maximum atomic E-state index is 11.8. The Hall–Kier alpha value is -2.09. The molecule has 0 unspecified atom stereocenters. The molecule has 0 aliphatic rings. The number of guanidine groups is 1. The molecule has 0 aromatic heterocycles. The van der Waals surface area contributed by atoms with Crippen molar-refractivity contribution in [2.24, 2.45) is 15.9 Å². The van der Waals surface area contributed by atoms with Crippen molar-refractivity contribution in [2.45, 2.75) is 11.8 Å². The predicted octanol–water partition coefficient (Wildman–Crippen LogP) is 0.00892. The first-order chi connectivity index (χ1) is 8.24. The molecular formula is C10H14N4O3S. The van der Waals surface area contributed by atoms with Crippen LogP contribution < -0.4 is 11.5 Å². The molecule has 0 aliphatic heterocycles. The van der Waals surface area contributed by atoms with E-state index >= 15 is 0 Å². The van der Waals surface area contributed by atoms with E-state index in [1.165, 1.54) is 19.2 Å². The van der Waals surface area contributed by atoms with Crippen LogP contribution in [0.4, 0.5) is 4.79 Å². The number of hydrogen-bond donors (Lipinski definition) is 2. The van der Waals surface area contributed by atoms with E-state index in [0.29, 0.717) is 0 Å². The number of hydrogen-bond acceptors (Lipinski definition) is 3. The monoisotopic (exact) mass is 270 g/mol. The van der Waals surface area contributed by atoms with Gasteiger partial charge in [0, 0.05) is 7.05 Å². The first-order valence-electron chi connectivity index (χ1n) is 4.94. The molecule has 0 aliphatic carbocycles. The SMILES string of the molecule is Cc1ccc(S(=O)(=O)N=C(N)N(C)C(N)=O)cc1. The fourth-order valence-corrected chi connectivity index (χ4v) is 2.01. The first-order valence-corrected chi connectivity index (χ1v) is 6.38. The van der Waals surface area contributed by atoms with Gasteiger partial charge in [0.25, 0.3) is 10.0 Å². The molecule has 7 nitrogen and oxygen atoms in total. The number of carbonyl (C=O) groups is 1. The van der Waals surface area contributed by atoms with Crippen molar-refractivity contribution in [1.82, 2.24) is 4.90 Å². The molecule has 0 saturated carbocycles. The van der Waals surface area contributed by atoms with E-state index < -0.39 is 22.0 Å². The van der Waals surface area contributed by atoms with Crippen molar-refractivity contribution in [3.05, 3.63) is 29.8 Å². The van der Waals surface area contributed by atoms with Crippen molar-refractivity contribution in [3.63, 3.8) is 0 Å². The first kappa shape index (κ1) is 14.0. The minimum atomic E-state index is -3.94. The third-order valence-corrected chi connectivity index (χ3v) is 3.50. The van der Waals surface area contributed by atoms with Gasteiger partial charge in [-0.3, -0.25) is 4.90 Å². The van der Waals surface area contributed by atoms with E-state index in [-0.39, 0.29) is 4.90 Å². The predicted molar refractivity (Wildman–Crippen MR) is 67.3 cm³/mol.